The zero-order valence-corrected chi connectivity index (χ0v) is 10.6. The van der Waals surface area contributed by atoms with Gasteiger partial charge in [-0.3, -0.25) is 14.6 Å². The van der Waals surface area contributed by atoms with Crippen LogP contribution in [0.5, 0.6) is 0 Å². The first kappa shape index (κ1) is 12.4. The zero-order chi connectivity index (χ0) is 12.6. The number of amidine groups is 1. The Bertz CT molecular complexity index is 390. The van der Waals surface area contributed by atoms with Crippen molar-refractivity contribution in [3.63, 3.8) is 0 Å². The molecule has 1 aliphatic carbocycles. The first-order valence-electron chi connectivity index (χ1n) is 5.36. The fourth-order valence-electron chi connectivity index (χ4n) is 1.60. The molecule has 1 aliphatic heterocycles. The van der Waals surface area contributed by atoms with Gasteiger partial charge >= 0.3 is 0 Å². The normalized spacial score (nSPS) is 25.6. The lowest BCUT2D eigenvalue weighted by Gasteiger charge is -2.21. The number of nitrogens with zero attached hydrogens (tertiary/aromatic N) is 2. The van der Waals surface area contributed by atoms with E-state index in [1.165, 1.54) is 4.90 Å². The molecule has 17 heavy (non-hydrogen) atoms. The van der Waals surface area contributed by atoms with Crippen LogP contribution < -0.4 is 5.32 Å². The van der Waals surface area contributed by atoms with Gasteiger partial charge < -0.3 is 15.3 Å². The molecule has 6 nitrogen and oxygen atoms in total. The smallest absolute Gasteiger partial charge is 0.284 e. The molecule has 1 atom stereocenters. The van der Waals surface area contributed by atoms with Crippen LogP contribution in [-0.4, -0.2) is 58.5 Å². The van der Waals surface area contributed by atoms with Gasteiger partial charge in [-0.1, -0.05) is 11.8 Å². The van der Waals surface area contributed by atoms with E-state index in [0.717, 1.165) is 11.8 Å². The lowest BCUT2D eigenvalue weighted by molar-refractivity contribution is -0.133. The SMILES string of the molecule is CN(C)C(=O)[C@@H](N=C1CSC(=O)N1)C1(O)CC1. The number of nitrogens with one attached hydrogen (secondary N) is 1. The molecule has 2 N–H and O–H groups in total. The summed E-state index contributed by atoms with van der Waals surface area (Å²) >= 11 is 1.11. The second kappa shape index (κ2) is 4.30. The Balaban J connectivity index is 2.17. The van der Waals surface area contributed by atoms with Crippen molar-refractivity contribution in [2.24, 2.45) is 4.99 Å². The summed E-state index contributed by atoms with van der Waals surface area (Å²) in [6.07, 6.45) is 1.16. The number of carbonyl (C=O) groups is 2. The molecule has 2 aliphatic rings. The second-order valence-corrected chi connectivity index (χ2v) is 5.46. The standard InChI is InChI=1S/C10H15N3O3S/c1-13(2)8(14)7(10(16)3-4-10)11-6-5-17-9(15)12-6/h7,16H,3-5H2,1-2H3,(H,11,12,15)/t7-/m1/s1. The van der Waals surface area contributed by atoms with Gasteiger partial charge in [0.25, 0.3) is 5.24 Å². The van der Waals surface area contributed by atoms with Crippen molar-refractivity contribution in [3.8, 4) is 0 Å². The van der Waals surface area contributed by atoms with Crippen LogP contribution in [0.25, 0.3) is 0 Å². The van der Waals surface area contributed by atoms with E-state index in [0.29, 0.717) is 24.4 Å². The second-order valence-electron chi connectivity index (χ2n) is 4.52. The number of rotatable bonds is 3. The molecule has 2 amide bonds. The summed E-state index contributed by atoms with van der Waals surface area (Å²) in [5.41, 5.74) is -1.02. The van der Waals surface area contributed by atoms with E-state index < -0.39 is 11.6 Å². The molecule has 0 radical (unpaired) electrons. The van der Waals surface area contributed by atoms with Crippen LogP contribution in [0, 0.1) is 0 Å². The molecule has 0 aromatic rings. The van der Waals surface area contributed by atoms with Crippen LogP contribution in [0.4, 0.5) is 4.79 Å². The van der Waals surface area contributed by atoms with Crippen LogP contribution in [0.15, 0.2) is 4.99 Å². The van der Waals surface area contributed by atoms with Crippen molar-refractivity contribution >= 4 is 28.7 Å². The molecular formula is C10H15N3O3S. The van der Waals surface area contributed by atoms with Gasteiger partial charge in [-0.15, -0.1) is 0 Å². The van der Waals surface area contributed by atoms with Crippen LogP contribution in [-0.2, 0) is 4.79 Å². The van der Waals surface area contributed by atoms with Crippen LogP contribution in [0.3, 0.4) is 0 Å². The van der Waals surface area contributed by atoms with E-state index in [1.807, 2.05) is 0 Å². The molecule has 1 heterocycles. The Labute approximate surface area is 103 Å². The quantitative estimate of drug-likeness (QED) is 0.735. The minimum absolute atomic E-state index is 0.164. The predicted molar refractivity (Wildman–Crippen MR) is 65.1 cm³/mol. The van der Waals surface area contributed by atoms with Gasteiger partial charge in [-0.05, 0) is 12.8 Å². The minimum Gasteiger partial charge on any atom is -0.387 e. The molecule has 0 aromatic heterocycles. The van der Waals surface area contributed by atoms with Crippen molar-refractivity contribution in [1.82, 2.24) is 10.2 Å². The van der Waals surface area contributed by atoms with Crippen LogP contribution >= 0.6 is 11.8 Å². The van der Waals surface area contributed by atoms with Gasteiger partial charge in [-0.2, -0.15) is 0 Å². The van der Waals surface area contributed by atoms with Gasteiger partial charge in [0.1, 0.15) is 5.84 Å². The minimum atomic E-state index is -1.02. The average molecular weight is 257 g/mol. The Morgan fingerprint density at radius 2 is 2.24 bits per heavy atom. The number of amides is 2. The van der Waals surface area contributed by atoms with Gasteiger partial charge in [0.15, 0.2) is 6.04 Å². The first-order valence-corrected chi connectivity index (χ1v) is 6.35. The molecule has 1 saturated heterocycles. The van der Waals surface area contributed by atoms with E-state index in [-0.39, 0.29) is 11.1 Å². The molecule has 0 spiro atoms. The number of aliphatic imine (C=N–C) groups is 1. The van der Waals surface area contributed by atoms with E-state index >= 15 is 0 Å². The fourth-order valence-corrected chi connectivity index (χ4v) is 2.21. The van der Waals surface area contributed by atoms with Gasteiger partial charge in [0.2, 0.25) is 5.91 Å². The third-order valence-corrected chi connectivity index (χ3v) is 3.60. The summed E-state index contributed by atoms with van der Waals surface area (Å²) in [5.74, 6) is 0.677. The number of hydrogen-bond donors (Lipinski definition) is 2. The maximum absolute atomic E-state index is 11.9. The van der Waals surface area contributed by atoms with Crippen molar-refractivity contribution in [1.29, 1.82) is 0 Å². The molecule has 0 aromatic carbocycles. The highest BCUT2D eigenvalue weighted by atomic mass is 32.2. The van der Waals surface area contributed by atoms with Crippen LogP contribution in [0.2, 0.25) is 0 Å². The third kappa shape index (κ3) is 2.61. The van der Waals surface area contributed by atoms with E-state index in [9.17, 15) is 14.7 Å². The molecule has 2 rings (SSSR count). The topological polar surface area (TPSA) is 82.0 Å². The summed E-state index contributed by atoms with van der Waals surface area (Å²) in [6, 6.07) is -0.800. The van der Waals surface area contributed by atoms with E-state index in [1.54, 1.807) is 14.1 Å². The lowest BCUT2D eigenvalue weighted by Crippen LogP contribution is -2.43. The largest absolute Gasteiger partial charge is 0.387 e. The van der Waals surface area contributed by atoms with Gasteiger partial charge in [-0.25, -0.2) is 0 Å². The molecule has 0 bridgehead atoms. The van der Waals surface area contributed by atoms with Gasteiger partial charge in [0, 0.05) is 14.1 Å². The fraction of sp³-hybridized carbons (Fsp3) is 0.700. The molecule has 1 saturated carbocycles. The van der Waals surface area contributed by atoms with Crippen molar-refractivity contribution in [3.05, 3.63) is 0 Å². The summed E-state index contributed by atoms with van der Waals surface area (Å²) in [5, 5.41) is 12.5. The molecule has 94 valence electrons. The van der Waals surface area contributed by atoms with Crippen molar-refractivity contribution in [2.45, 2.75) is 24.5 Å². The van der Waals surface area contributed by atoms with Crippen molar-refractivity contribution < 1.29 is 14.7 Å². The molecule has 2 fully saturated rings. The number of carbonyl (C=O) groups excluding carboxylic acids is 2. The Hall–Kier alpha value is -1.08. The maximum Gasteiger partial charge on any atom is 0.284 e. The molecule has 0 unspecified atom stereocenters. The van der Waals surface area contributed by atoms with Crippen LogP contribution in [0.1, 0.15) is 12.8 Å². The lowest BCUT2D eigenvalue weighted by atomic mass is 10.1. The predicted octanol–water partition coefficient (Wildman–Crippen LogP) is -0.177. The maximum atomic E-state index is 11.9. The highest BCUT2D eigenvalue weighted by molar-refractivity contribution is 8.14. The summed E-state index contributed by atoms with van der Waals surface area (Å²) in [6.45, 7) is 0. The molecular weight excluding hydrogens is 242 g/mol. The third-order valence-electron chi connectivity index (χ3n) is 2.82. The van der Waals surface area contributed by atoms with Gasteiger partial charge in [0.05, 0.1) is 11.4 Å². The average Bonchev–Trinajstić information content (AvgIpc) is 2.86. The number of likely N-dealkylation sites (N-methyl/N-ethyl adjacent to an activating group) is 1. The van der Waals surface area contributed by atoms with E-state index in [4.69, 9.17) is 0 Å². The number of aliphatic hydroxyl groups is 1. The zero-order valence-electron chi connectivity index (χ0n) is 9.77. The highest BCUT2D eigenvalue weighted by Gasteiger charge is 2.52. The Kier molecular flexibility index (Phi) is 3.13. The summed E-state index contributed by atoms with van der Waals surface area (Å²) in [4.78, 5) is 28.6. The summed E-state index contributed by atoms with van der Waals surface area (Å²) in [7, 11) is 3.26. The summed E-state index contributed by atoms with van der Waals surface area (Å²) < 4.78 is 0. The highest BCUT2D eigenvalue weighted by Crippen LogP contribution is 2.40. The number of thioether (sulfide) groups is 1. The Morgan fingerprint density at radius 3 is 2.65 bits per heavy atom. The first-order chi connectivity index (χ1) is 7.92. The van der Waals surface area contributed by atoms with Crippen molar-refractivity contribution in [2.75, 3.05) is 19.8 Å². The van der Waals surface area contributed by atoms with E-state index in [2.05, 4.69) is 10.3 Å². The number of hydrogen-bond acceptors (Lipinski definition) is 5. The molecule has 7 heteroatoms. The Morgan fingerprint density at radius 1 is 1.59 bits per heavy atom. The monoisotopic (exact) mass is 257 g/mol.